The Hall–Kier alpha value is -2.60. The van der Waals surface area contributed by atoms with Gasteiger partial charge >= 0.3 is 5.97 Å². The summed E-state index contributed by atoms with van der Waals surface area (Å²) in [5.74, 6) is -0.529. The fraction of sp³-hybridized carbons (Fsp3) is 0.133. The Morgan fingerprint density at radius 2 is 2.14 bits per heavy atom. The van der Waals surface area contributed by atoms with Crippen molar-refractivity contribution in [3.8, 4) is 11.1 Å². The predicted octanol–water partition coefficient (Wildman–Crippen LogP) is 2.52. The maximum absolute atomic E-state index is 12.6. The molecule has 1 aromatic carbocycles. The van der Waals surface area contributed by atoms with Crippen LogP contribution in [-0.4, -0.2) is 27.2 Å². The number of rotatable bonds is 3. The van der Waals surface area contributed by atoms with Gasteiger partial charge in [0.1, 0.15) is 5.56 Å². The lowest BCUT2D eigenvalue weighted by molar-refractivity contribution is 0.0528. The van der Waals surface area contributed by atoms with E-state index in [0.717, 1.165) is 0 Å². The highest BCUT2D eigenvalue weighted by molar-refractivity contribution is 6.33. The van der Waals surface area contributed by atoms with Gasteiger partial charge in [-0.15, -0.1) is 0 Å². The molecule has 3 rings (SSSR count). The van der Waals surface area contributed by atoms with Crippen LogP contribution < -0.4 is 5.56 Å². The fourth-order valence-corrected chi connectivity index (χ4v) is 2.42. The molecule has 0 aliphatic rings. The van der Waals surface area contributed by atoms with Crippen LogP contribution in [0.5, 0.6) is 0 Å². The zero-order valence-corrected chi connectivity index (χ0v) is 12.4. The number of nitrogens with one attached hydrogen (secondary N) is 1. The largest absolute Gasteiger partial charge is 0.462 e. The van der Waals surface area contributed by atoms with Gasteiger partial charge in [0.25, 0.3) is 5.56 Å². The first kappa shape index (κ1) is 14.3. The fourth-order valence-electron chi connectivity index (χ4n) is 2.18. The van der Waals surface area contributed by atoms with Crippen molar-refractivity contribution in [1.29, 1.82) is 0 Å². The monoisotopic (exact) mass is 317 g/mol. The minimum Gasteiger partial charge on any atom is -0.462 e. The van der Waals surface area contributed by atoms with Gasteiger partial charge in [0.15, 0.2) is 5.65 Å². The number of nitrogens with zero attached hydrogens (tertiary/aromatic N) is 2. The average molecular weight is 318 g/mol. The number of aromatic nitrogens is 3. The summed E-state index contributed by atoms with van der Waals surface area (Å²) >= 11 is 6.12. The van der Waals surface area contributed by atoms with E-state index in [-0.39, 0.29) is 23.4 Å². The van der Waals surface area contributed by atoms with E-state index in [4.69, 9.17) is 16.3 Å². The molecule has 0 unspecified atom stereocenters. The molecule has 0 bridgehead atoms. The van der Waals surface area contributed by atoms with Gasteiger partial charge in [0, 0.05) is 23.0 Å². The van der Waals surface area contributed by atoms with Gasteiger partial charge in [-0.3, -0.25) is 9.89 Å². The summed E-state index contributed by atoms with van der Waals surface area (Å²) in [6.07, 6.45) is 2.81. The molecular weight excluding hydrogens is 306 g/mol. The van der Waals surface area contributed by atoms with E-state index in [1.807, 2.05) is 0 Å². The van der Waals surface area contributed by atoms with E-state index < -0.39 is 5.97 Å². The Morgan fingerprint density at radius 1 is 1.36 bits per heavy atom. The molecule has 0 aliphatic carbocycles. The van der Waals surface area contributed by atoms with Crippen molar-refractivity contribution < 1.29 is 9.53 Å². The molecule has 0 aliphatic heterocycles. The standard InChI is InChI=1S/C15H12ClN3O3/c1-2-22-15(21)11-8-18-19-13(11)17-7-10(14(19)20)9-5-3-4-6-12(9)16/h3-8,18H,2H2,1H3. The van der Waals surface area contributed by atoms with Crippen molar-refractivity contribution >= 4 is 23.2 Å². The Balaban J connectivity index is 2.18. The first-order chi connectivity index (χ1) is 10.6. The Bertz CT molecular complexity index is 914. The summed E-state index contributed by atoms with van der Waals surface area (Å²) < 4.78 is 6.13. The van der Waals surface area contributed by atoms with E-state index in [1.54, 1.807) is 31.2 Å². The second kappa shape index (κ2) is 5.65. The van der Waals surface area contributed by atoms with Gasteiger partial charge in [-0.1, -0.05) is 29.8 Å². The summed E-state index contributed by atoms with van der Waals surface area (Å²) in [5.41, 5.74) is 1.03. The van der Waals surface area contributed by atoms with Crippen molar-refractivity contribution in [1.82, 2.24) is 14.6 Å². The van der Waals surface area contributed by atoms with Crippen LogP contribution >= 0.6 is 11.6 Å². The molecule has 2 aromatic heterocycles. The number of fused-ring (bicyclic) bond motifs is 1. The molecule has 0 spiro atoms. The van der Waals surface area contributed by atoms with E-state index in [2.05, 4.69) is 10.1 Å². The molecule has 0 fully saturated rings. The third-order valence-electron chi connectivity index (χ3n) is 3.20. The van der Waals surface area contributed by atoms with Crippen LogP contribution in [0.15, 0.2) is 41.5 Å². The third kappa shape index (κ3) is 2.27. The van der Waals surface area contributed by atoms with Crippen LogP contribution in [0.3, 0.4) is 0 Å². The number of hydrogen-bond acceptors (Lipinski definition) is 4. The van der Waals surface area contributed by atoms with E-state index in [1.165, 1.54) is 16.9 Å². The second-order valence-electron chi connectivity index (χ2n) is 4.52. The summed E-state index contributed by atoms with van der Waals surface area (Å²) in [6.45, 7) is 1.96. The highest BCUT2D eigenvalue weighted by atomic mass is 35.5. The SMILES string of the molecule is CCOC(=O)c1c[nH]n2c(=O)c(-c3ccccc3Cl)cnc12. The number of benzene rings is 1. The van der Waals surface area contributed by atoms with Crippen molar-refractivity contribution in [2.45, 2.75) is 6.92 Å². The van der Waals surface area contributed by atoms with Crippen LogP contribution in [0.1, 0.15) is 17.3 Å². The summed E-state index contributed by atoms with van der Waals surface area (Å²) in [7, 11) is 0. The molecule has 0 radical (unpaired) electrons. The molecule has 0 saturated carbocycles. The highest BCUT2D eigenvalue weighted by Crippen LogP contribution is 2.24. The number of carbonyl (C=O) groups is 1. The topological polar surface area (TPSA) is 76.5 Å². The van der Waals surface area contributed by atoms with Gasteiger partial charge in [-0.2, -0.15) is 0 Å². The zero-order valence-electron chi connectivity index (χ0n) is 11.7. The molecule has 0 amide bonds. The van der Waals surface area contributed by atoms with Crippen LogP contribution in [0.4, 0.5) is 0 Å². The minimum absolute atomic E-state index is 0.213. The maximum atomic E-state index is 12.6. The normalized spacial score (nSPS) is 10.8. The predicted molar refractivity (Wildman–Crippen MR) is 82.2 cm³/mol. The Morgan fingerprint density at radius 3 is 2.86 bits per heavy atom. The number of aromatic amines is 1. The lowest BCUT2D eigenvalue weighted by Crippen LogP contribution is -2.17. The number of hydrogen-bond donors (Lipinski definition) is 1. The molecule has 112 valence electrons. The highest BCUT2D eigenvalue weighted by Gasteiger charge is 2.18. The summed E-state index contributed by atoms with van der Waals surface area (Å²) in [4.78, 5) is 28.6. The van der Waals surface area contributed by atoms with Crippen LogP contribution in [0, 0.1) is 0 Å². The minimum atomic E-state index is -0.529. The van der Waals surface area contributed by atoms with E-state index in [9.17, 15) is 9.59 Å². The first-order valence-electron chi connectivity index (χ1n) is 6.64. The molecule has 3 aromatic rings. The average Bonchev–Trinajstić information content (AvgIpc) is 2.94. The molecule has 7 heteroatoms. The molecule has 2 heterocycles. The smallest absolute Gasteiger partial charge is 0.343 e. The second-order valence-corrected chi connectivity index (χ2v) is 4.93. The maximum Gasteiger partial charge on any atom is 0.343 e. The molecule has 6 nitrogen and oxygen atoms in total. The quantitative estimate of drug-likeness (QED) is 0.753. The van der Waals surface area contributed by atoms with E-state index in [0.29, 0.717) is 16.1 Å². The Labute approximate surface area is 130 Å². The number of halogens is 1. The summed E-state index contributed by atoms with van der Waals surface area (Å²) in [6, 6.07) is 7.00. The van der Waals surface area contributed by atoms with Crippen LogP contribution in [0.25, 0.3) is 16.8 Å². The molecule has 0 saturated heterocycles. The Kier molecular flexibility index (Phi) is 3.68. The molecular formula is C15H12ClN3O3. The van der Waals surface area contributed by atoms with Crippen molar-refractivity contribution in [3.05, 3.63) is 57.6 Å². The molecule has 0 atom stereocenters. The van der Waals surface area contributed by atoms with Gasteiger partial charge in [0.2, 0.25) is 0 Å². The van der Waals surface area contributed by atoms with Gasteiger partial charge in [-0.05, 0) is 13.0 Å². The first-order valence-corrected chi connectivity index (χ1v) is 7.02. The van der Waals surface area contributed by atoms with Gasteiger partial charge < -0.3 is 4.74 Å². The summed E-state index contributed by atoms with van der Waals surface area (Å²) in [5, 5.41) is 3.18. The molecule has 22 heavy (non-hydrogen) atoms. The van der Waals surface area contributed by atoms with Gasteiger partial charge in [-0.25, -0.2) is 14.3 Å². The lowest BCUT2D eigenvalue weighted by atomic mass is 10.1. The van der Waals surface area contributed by atoms with Gasteiger partial charge in [0.05, 0.1) is 12.2 Å². The zero-order chi connectivity index (χ0) is 15.7. The lowest BCUT2D eigenvalue weighted by Gasteiger charge is -2.04. The number of ether oxygens (including phenoxy) is 1. The van der Waals surface area contributed by atoms with Crippen molar-refractivity contribution in [3.63, 3.8) is 0 Å². The number of esters is 1. The number of carbonyl (C=O) groups excluding carboxylic acids is 1. The van der Waals surface area contributed by atoms with Crippen molar-refractivity contribution in [2.75, 3.05) is 6.61 Å². The van der Waals surface area contributed by atoms with E-state index >= 15 is 0 Å². The molecule has 1 N–H and O–H groups in total. The van der Waals surface area contributed by atoms with Crippen molar-refractivity contribution in [2.24, 2.45) is 0 Å². The van der Waals surface area contributed by atoms with Crippen LogP contribution in [-0.2, 0) is 4.74 Å². The van der Waals surface area contributed by atoms with Crippen LogP contribution in [0.2, 0.25) is 5.02 Å². The third-order valence-corrected chi connectivity index (χ3v) is 3.53. The number of H-pyrrole nitrogens is 1.